The molecule has 0 atom stereocenters. The first kappa shape index (κ1) is 29.8. The second-order valence-electron chi connectivity index (χ2n) is 8.08. The first-order chi connectivity index (χ1) is 19.1. The molecule has 0 saturated heterocycles. The number of fused-ring (bicyclic) bond motifs is 3. The van der Waals surface area contributed by atoms with Crippen molar-refractivity contribution in [2.75, 3.05) is 7.11 Å². The smallest absolute Gasteiger partial charge is 0.694 e. The molecule has 0 N–H and O–H groups in total. The Morgan fingerprint density at radius 1 is 0.725 bits per heavy atom. The molecule has 4 heterocycles. The second-order valence-corrected chi connectivity index (χ2v) is 8.08. The number of rotatable bonds is 3. The molecular weight excluding hydrogens is 675 g/mol. The Morgan fingerprint density at radius 2 is 1.18 bits per heavy atom. The Hall–Kier alpha value is -4.77. The van der Waals surface area contributed by atoms with Crippen molar-refractivity contribution in [3.8, 4) is 28.4 Å². The van der Waals surface area contributed by atoms with Gasteiger partial charge in [0, 0.05) is 46.9 Å². The standard InChI is InChI=1S/C18H13N2O2.C12H8N2.C3H3.Os/c1-22-18(21)15-11-13(16-6-2-4-8-19-16)10-14(12-15)17-7-3-5-9-20-17;1-3-9-5-6-10-4-2-8-14-12(10)11(9)13-7-1;1-3-2;/h2-9,11-12H,1H3;1-8H;1H3;/q-1;;-1;+2. The zero-order chi connectivity index (χ0) is 27.5. The zero-order valence-electron chi connectivity index (χ0n) is 21.9. The minimum Gasteiger partial charge on any atom is -0.694 e. The molecule has 6 aromatic rings. The van der Waals surface area contributed by atoms with Crippen LogP contribution in [-0.4, -0.2) is 33.0 Å². The molecule has 0 unspecified atom stereocenters. The molecule has 7 heteroatoms. The van der Waals surface area contributed by atoms with Crippen LogP contribution in [0.4, 0.5) is 0 Å². The summed E-state index contributed by atoms with van der Waals surface area (Å²) in [4.78, 5) is 29.2. The first-order valence-corrected chi connectivity index (χ1v) is 12.0. The number of methoxy groups -OCH3 is 1. The van der Waals surface area contributed by atoms with Crippen molar-refractivity contribution < 1.29 is 29.3 Å². The van der Waals surface area contributed by atoms with Gasteiger partial charge in [-0.3, -0.25) is 19.9 Å². The summed E-state index contributed by atoms with van der Waals surface area (Å²) >= 11 is 0. The number of nitrogens with zero attached hydrogens (tertiary/aromatic N) is 4. The summed E-state index contributed by atoms with van der Waals surface area (Å²) < 4.78 is 4.82. The number of ether oxygens (including phenoxy) is 1. The van der Waals surface area contributed by atoms with Gasteiger partial charge in [0.15, 0.2) is 0 Å². The van der Waals surface area contributed by atoms with Gasteiger partial charge in [0.25, 0.3) is 0 Å². The number of carbonyl (C=O) groups excluding carboxylic acids is 1. The Bertz CT molecular complexity index is 1620. The maximum atomic E-state index is 11.9. The van der Waals surface area contributed by atoms with Crippen LogP contribution in [-0.2, 0) is 24.5 Å². The molecule has 6 nitrogen and oxygen atoms in total. The molecule has 0 radical (unpaired) electrons. The summed E-state index contributed by atoms with van der Waals surface area (Å²) in [6.45, 7) is 1.54. The molecule has 4 aromatic heterocycles. The number of pyridine rings is 4. The average molecular weight is 699 g/mol. The summed E-state index contributed by atoms with van der Waals surface area (Å²) in [7, 11) is 1.36. The predicted octanol–water partition coefficient (Wildman–Crippen LogP) is 6.77. The topological polar surface area (TPSA) is 77.9 Å². The third-order valence-electron chi connectivity index (χ3n) is 5.52. The quantitative estimate of drug-likeness (QED) is 0.0879. The monoisotopic (exact) mass is 700 g/mol. The predicted molar refractivity (Wildman–Crippen MR) is 153 cm³/mol. The van der Waals surface area contributed by atoms with E-state index in [1.807, 2.05) is 54.5 Å². The van der Waals surface area contributed by atoms with E-state index in [-0.39, 0.29) is 19.8 Å². The van der Waals surface area contributed by atoms with Crippen molar-refractivity contribution in [2.24, 2.45) is 0 Å². The maximum absolute atomic E-state index is 11.9. The fraction of sp³-hybridized carbons (Fsp3) is 0.0606. The fourth-order valence-electron chi connectivity index (χ4n) is 3.81. The normalized spacial score (nSPS) is 9.62. The van der Waals surface area contributed by atoms with Gasteiger partial charge >= 0.3 is 25.8 Å². The molecule has 0 amide bonds. The van der Waals surface area contributed by atoms with Gasteiger partial charge in [-0.2, -0.15) is 0 Å². The molecule has 0 spiro atoms. The number of carbonyl (C=O) groups is 1. The molecule has 6 rings (SSSR count). The van der Waals surface area contributed by atoms with Crippen molar-refractivity contribution >= 4 is 27.8 Å². The van der Waals surface area contributed by atoms with E-state index >= 15 is 0 Å². The van der Waals surface area contributed by atoms with Crippen molar-refractivity contribution in [1.82, 2.24) is 19.9 Å². The number of benzene rings is 2. The summed E-state index contributed by atoms with van der Waals surface area (Å²) in [5, 5.41) is 2.28. The van der Waals surface area contributed by atoms with Gasteiger partial charge < -0.3 is 17.1 Å². The van der Waals surface area contributed by atoms with E-state index in [0.717, 1.165) is 44.3 Å². The van der Waals surface area contributed by atoms with E-state index in [2.05, 4.69) is 50.3 Å². The van der Waals surface area contributed by atoms with E-state index in [0.29, 0.717) is 5.56 Å². The Kier molecular flexibility index (Phi) is 11.2. The molecule has 0 aliphatic carbocycles. The van der Waals surface area contributed by atoms with E-state index in [1.165, 1.54) is 7.11 Å². The van der Waals surface area contributed by atoms with Crippen LogP contribution in [0.1, 0.15) is 17.3 Å². The summed E-state index contributed by atoms with van der Waals surface area (Å²) in [5.41, 5.74) is 5.34. The molecule has 0 bridgehead atoms. The molecule has 0 fully saturated rings. The number of esters is 1. The van der Waals surface area contributed by atoms with Gasteiger partial charge in [-0.25, -0.2) is 4.79 Å². The number of hydrogen-bond donors (Lipinski definition) is 0. The van der Waals surface area contributed by atoms with Gasteiger partial charge in [-0.1, -0.05) is 59.7 Å². The number of aromatic nitrogens is 4. The van der Waals surface area contributed by atoms with Gasteiger partial charge in [0.05, 0.1) is 18.1 Å². The van der Waals surface area contributed by atoms with E-state index in [9.17, 15) is 4.79 Å². The fourth-order valence-corrected chi connectivity index (χ4v) is 3.81. The third-order valence-corrected chi connectivity index (χ3v) is 5.52. The Balaban J connectivity index is 0.000000210. The van der Waals surface area contributed by atoms with Crippen LogP contribution in [0.5, 0.6) is 0 Å². The Morgan fingerprint density at radius 3 is 1.57 bits per heavy atom. The Labute approximate surface area is 246 Å². The molecule has 0 aliphatic heterocycles. The molecule has 196 valence electrons. The minimum atomic E-state index is -0.400. The summed E-state index contributed by atoms with van der Waals surface area (Å²) in [6.07, 6.45) is 13.0. The molecular formula is C33H24N4O2Os. The van der Waals surface area contributed by atoms with Crippen molar-refractivity contribution in [2.45, 2.75) is 6.92 Å². The minimum absolute atomic E-state index is 0. The molecule has 0 saturated carbocycles. The van der Waals surface area contributed by atoms with Crippen molar-refractivity contribution in [3.05, 3.63) is 128 Å². The third kappa shape index (κ3) is 7.41. The first-order valence-electron chi connectivity index (χ1n) is 12.0. The van der Waals surface area contributed by atoms with Gasteiger partial charge in [-0.05, 0) is 36.8 Å². The van der Waals surface area contributed by atoms with Crippen LogP contribution in [0.3, 0.4) is 0 Å². The summed E-state index contributed by atoms with van der Waals surface area (Å²) in [6, 6.07) is 30.1. The van der Waals surface area contributed by atoms with Crippen LogP contribution in [0.25, 0.3) is 44.3 Å². The maximum Gasteiger partial charge on any atom is 2.00 e. The van der Waals surface area contributed by atoms with Crippen LogP contribution in [0.15, 0.2) is 110 Å². The van der Waals surface area contributed by atoms with E-state index < -0.39 is 5.97 Å². The van der Waals surface area contributed by atoms with Gasteiger partial charge in [-0.15, -0.1) is 18.2 Å². The van der Waals surface area contributed by atoms with Crippen LogP contribution < -0.4 is 0 Å². The SMILES string of the molecule is COC(=O)c1cc(-c2ccccn2)[c-]c(-c2ccccn2)c1.[C-]#CC.[Os+2].c1cnc2c(c1)ccc1cccnc12. The zero-order valence-corrected chi connectivity index (χ0v) is 24.4. The average Bonchev–Trinajstić information content (AvgIpc) is 3.02. The van der Waals surface area contributed by atoms with Gasteiger partial charge in [0.1, 0.15) is 0 Å². The van der Waals surface area contributed by atoms with Crippen molar-refractivity contribution in [1.29, 1.82) is 0 Å². The van der Waals surface area contributed by atoms with Crippen molar-refractivity contribution in [3.63, 3.8) is 0 Å². The summed E-state index contributed by atoms with van der Waals surface area (Å²) in [5.74, 6) is 1.60. The van der Waals surface area contributed by atoms with E-state index in [4.69, 9.17) is 11.2 Å². The van der Waals surface area contributed by atoms with Crippen LogP contribution in [0.2, 0.25) is 0 Å². The number of hydrogen-bond acceptors (Lipinski definition) is 6. The van der Waals surface area contributed by atoms with E-state index in [1.54, 1.807) is 43.8 Å². The largest absolute Gasteiger partial charge is 2.00 e. The molecule has 40 heavy (non-hydrogen) atoms. The molecule has 0 aliphatic rings. The van der Waals surface area contributed by atoms with Crippen LogP contribution >= 0.6 is 0 Å². The van der Waals surface area contributed by atoms with Gasteiger partial charge in [0.2, 0.25) is 0 Å². The van der Waals surface area contributed by atoms with Crippen LogP contribution in [0, 0.1) is 18.4 Å². The second kappa shape index (κ2) is 15.0. The molecule has 2 aromatic carbocycles.